The van der Waals surface area contributed by atoms with E-state index >= 15 is 0 Å². The smallest absolute Gasteiger partial charge is 1.00 e. The fourth-order valence-corrected chi connectivity index (χ4v) is 2.98. The van der Waals surface area contributed by atoms with Crippen LogP contribution in [0.1, 0.15) is 23.7 Å². The fourth-order valence-electron chi connectivity index (χ4n) is 2.74. The minimum absolute atomic E-state index is 0. The Morgan fingerprint density at radius 1 is 1.26 bits per heavy atom. The molecule has 0 fully saturated rings. The van der Waals surface area contributed by atoms with Crippen LogP contribution in [0.15, 0.2) is 42.0 Å². The zero-order valence-corrected chi connectivity index (χ0v) is 17.4. The minimum atomic E-state index is -4.83. The van der Waals surface area contributed by atoms with Crippen LogP contribution in [0.5, 0.6) is 5.75 Å². The molecule has 138 valence electrons. The summed E-state index contributed by atoms with van der Waals surface area (Å²) in [5, 5.41) is 9.39. The zero-order chi connectivity index (χ0) is 19.1. The van der Waals surface area contributed by atoms with Gasteiger partial charge in [-0.1, -0.05) is 41.4 Å². The summed E-state index contributed by atoms with van der Waals surface area (Å²) in [6, 6.07) is 10.5. The average Bonchev–Trinajstić information content (AvgIpc) is 2.55. The summed E-state index contributed by atoms with van der Waals surface area (Å²) in [5.74, 6) is -1.72. The van der Waals surface area contributed by atoms with Gasteiger partial charge in [0.1, 0.15) is 5.75 Å². The standard InChI is InChI=1S/C19H14ClF3O3.Na.H/c1-10-2-4-11(5-3-10)6-12-9-16-13(8-15(12)20)7-14(18(24)25)17(26-16)19(21,22)23;;/h2-5,7-9,17H,6H2,1H3,(H,24,25);;/q;+1;-1/t17-;;/m1../s1. The molecule has 1 aliphatic rings. The molecule has 0 radical (unpaired) electrons. The summed E-state index contributed by atoms with van der Waals surface area (Å²) in [7, 11) is 0. The number of carboxylic acids is 1. The van der Waals surface area contributed by atoms with Crippen molar-refractivity contribution in [1.82, 2.24) is 0 Å². The van der Waals surface area contributed by atoms with Gasteiger partial charge in [-0.15, -0.1) is 0 Å². The number of fused-ring (bicyclic) bond motifs is 1. The Morgan fingerprint density at radius 3 is 2.44 bits per heavy atom. The number of halogens is 4. The first-order valence-corrected chi connectivity index (χ1v) is 8.09. The first kappa shape index (κ1) is 21.8. The van der Waals surface area contributed by atoms with Gasteiger partial charge in [-0.25, -0.2) is 4.79 Å². The van der Waals surface area contributed by atoms with E-state index in [-0.39, 0.29) is 42.3 Å². The van der Waals surface area contributed by atoms with Crippen molar-refractivity contribution in [2.75, 3.05) is 0 Å². The third kappa shape index (κ3) is 4.88. The maximum atomic E-state index is 13.2. The van der Waals surface area contributed by atoms with Gasteiger partial charge in [-0.05, 0) is 42.7 Å². The van der Waals surface area contributed by atoms with Crippen molar-refractivity contribution in [3.05, 3.63) is 69.2 Å². The van der Waals surface area contributed by atoms with Crippen LogP contribution in [-0.2, 0) is 11.2 Å². The van der Waals surface area contributed by atoms with Crippen molar-refractivity contribution in [2.24, 2.45) is 0 Å². The molecule has 1 heterocycles. The Morgan fingerprint density at radius 2 is 1.89 bits per heavy atom. The molecule has 3 nitrogen and oxygen atoms in total. The van der Waals surface area contributed by atoms with Crippen molar-refractivity contribution in [1.29, 1.82) is 0 Å². The molecule has 0 saturated heterocycles. The molecule has 0 bridgehead atoms. The van der Waals surface area contributed by atoms with Crippen molar-refractivity contribution in [3.8, 4) is 5.75 Å². The maximum Gasteiger partial charge on any atom is 1.00 e. The Bertz CT molecular complexity index is 899. The van der Waals surface area contributed by atoms with Crippen LogP contribution in [0.25, 0.3) is 6.08 Å². The van der Waals surface area contributed by atoms with Crippen LogP contribution >= 0.6 is 11.6 Å². The number of alkyl halides is 3. The number of hydrogen-bond donors (Lipinski definition) is 1. The summed E-state index contributed by atoms with van der Waals surface area (Å²) in [5.41, 5.74) is 1.98. The molecule has 3 rings (SSSR count). The van der Waals surface area contributed by atoms with Gasteiger partial charge < -0.3 is 11.3 Å². The molecule has 8 heteroatoms. The SMILES string of the molecule is Cc1ccc(Cc2cc3c(cc2Cl)C=C(C(=O)O)[C@H](C(F)(F)F)O3)cc1.[H-].[Na+]. The van der Waals surface area contributed by atoms with Crippen LogP contribution in [-0.4, -0.2) is 23.4 Å². The molecular formula is C19H15ClF3NaO3. The van der Waals surface area contributed by atoms with E-state index in [1.54, 1.807) is 0 Å². The van der Waals surface area contributed by atoms with Gasteiger partial charge in [-0.3, -0.25) is 0 Å². The second-order valence-electron chi connectivity index (χ2n) is 6.09. The van der Waals surface area contributed by atoms with Crippen LogP contribution in [0.3, 0.4) is 0 Å². The van der Waals surface area contributed by atoms with Crippen LogP contribution in [0.4, 0.5) is 13.2 Å². The van der Waals surface area contributed by atoms with E-state index in [2.05, 4.69) is 0 Å². The van der Waals surface area contributed by atoms with Gasteiger partial charge in [-0.2, -0.15) is 13.2 Å². The van der Waals surface area contributed by atoms with E-state index in [0.717, 1.165) is 17.2 Å². The number of carboxylic acid groups (broad SMARTS) is 1. The average molecular weight is 407 g/mol. The number of hydrogen-bond acceptors (Lipinski definition) is 2. The summed E-state index contributed by atoms with van der Waals surface area (Å²) in [6.07, 6.45) is -5.97. The van der Waals surface area contributed by atoms with E-state index in [0.29, 0.717) is 17.0 Å². The summed E-state index contributed by atoms with van der Waals surface area (Å²) >= 11 is 6.24. The first-order valence-electron chi connectivity index (χ1n) is 7.71. The van der Waals surface area contributed by atoms with E-state index in [1.807, 2.05) is 31.2 Å². The Balaban J connectivity index is 0.00000196. The molecule has 0 saturated carbocycles. The van der Waals surface area contributed by atoms with Gasteiger partial charge in [0.15, 0.2) is 0 Å². The van der Waals surface area contributed by atoms with Crippen LogP contribution in [0, 0.1) is 6.92 Å². The number of aryl methyl sites for hydroxylation is 1. The van der Waals surface area contributed by atoms with E-state index in [4.69, 9.17) is 21.4 Å². The number of carbonyl (C=O) groups is 1. The molecule has 2 aromatic rings. The molecule has 1 aliphatic heterocycles. The van der Waals surface area contributed by atoms with Crippen LogP contribution in [0.2, 0.25) is 5.02 Å². The fraction of sp³-hybridized carbons (Fsp3) is 0.211. The molecule has 0 aliphatic carbocycles. The largest absolute Gasteiger partial charge is 1.00 e. The van der Waals surface area contributed by atoms with Gasteiger partial charge in [0.2, 0.25) is 6.10 Å². The van der Waals surface area contributed by atoms with Gasteiger partial charge in [0.25, 0.3) is 0 Å². The second-order valence-corrected chi connectivity index (χ2v) is 6.50. The van der Waals surface area contributed by atoms with Gasteiger partial charge >= 0.3 is 41.7 Å². The van der Waals surface area contributed by atoms with Gasteiger partial charge in [0, 0.05) is 10.6 Å². The molecular weight excluding hydrogens is 392 g/mol. The molecule has 2 aromatic carbocycles. The summed E-state index contributed by atoms with van der Waals surface area (Å²) in [4.78, 5) is 11.2. The summed E-state index contributed by atoms with van der Waals surface area (Å²) < 4.78 is 44.5. The number of benzene rings is 2. The van der Waals surface area contributed by atoms with Crippen LogP contribution < -0.4 is 34.3 Å². The third-order valence-electron chi connectivity index (χ3n) is 4.08. The Labute approximate surface area is 182 Å². The Kier molecular flexibility index (Phi) is 6.68. The molecule has 1 N–H and O–H groups in total. The molecule has 1 atom stereocenters. The molecule has 0 spiro atoms. The number of rotatable bonds is 3. The van der Waals surface area contributed by atoms with E-state index in [1.165, 1.54) is 12.1 Å². The first-order chi connectivity index (χ1) is 12.1. The molecule has 0 amide bonds. The predicted octanol–water partition coefficient (Wildman–Crippen LogP) is 2.15. The van der Waals surface area contributed by atoms with Crippen molar-refractivity contribution >= 4 is 23.6 Å². The van der Waals surface area contributed by atoms with E-state index in [9.17, 15) is 18.0 Å². The van der Waals surface area contributed by atoms with Crippen molar-refractivity contribution in [2.45, 2.75) is 25.6 Å². The van der Waals surface area contributed by atoms with Crippen molar-refractivity contribution < 1.29 is 58.8 Å². The Hall–Kier alpha value is -1.47. The summed E-state index contributed by atoms with van der Waals surface area (Å²) in [6.45, 7) is 1.95. The number of ether oxygens (including phenoxy) is 1. The van der Waals surface area contributed by atoms with E-state index < -0.39 is 23.8 Å². The second kappa shape index (κ2) is 8.27. The minimum Gasteiger partial charge on any atom is -1.00 e. The molecule has 27 heavy (non-hydrogen) atoms. The predicted molar refractivity (Wildman–Crippen MR) is 92.6 cm³/mol. The number of aliphatic carboxylic acids is 1. The van der Waals surface area contributed by atoms with Gasteiger partial charge in [0.05, 0.1) is 5.57 Å². The quantitative estimate of drug-likeness (QED) is 0.795. The third-order valence-corrected chi connectivity index (χ3v) is 4.43. The molecule has 0 unspecified atom stereocenters. The van der Waals surface area contributed by atoms with Crippen molar-refractivity contribution in [3.63, 3.8) is 0 Å². The maximum absolute atomic E-state index is 13.2. The zero-order valence-electron chi connectivity index (χ0n) is 15.6. The molecule has 0 aromatic heterocycles. The normalized spacial score (nSPS) is 15.9. The topological polar surface area (TPSA) is 46.5 Å². The monoisotopic (exact) mass is 406 g/mol.